The fraction of sp³-hybridized carbons (Fsp3) is 0.455. The summed E-state index contributed by atoms with van der Waals surface area (Å²) >= 11 is 0. The molecule has 4 N–H and O–H groups in total. The maximum Gasteiger partial charge on any atom is 0.173 e. The molecule has 0 aromatic heterocycles. The predicted molar refractivity (Wildman–Crippen MR) is 69.4 cm³/mol. The lowest BCUT2D eigenvalue weighted by Crippen LogP contribution is -2.32. The van der Waals surface area contributed by atoms with E-state index in [-0.39, 0.29) is 12.4 Å². The van der Waals surface area contributed by atoms with Gasteiger partial charge in [-0.05, 0) is 30.7 Å². The zero-order valence-electron chi connectivity index (χ0n) is 9.76. The molecule has 0 bridgehead atoms. The van der Waals surface area contributed by atoms with Gasteiger partial charge >= 0.3 is 0 Å². The van der Waals surface area contributed by atoms with Gasteiger partial charge in [-0.3, -0.25) is 0 Å². The van der Waals surface area contributed by atoms with Crippen molar-refractivity contribution in [3.8, 4) is 0 Å². The van der Waals surface area contributed by atoms with Gasteiger partial charge in [0.1, 0.15) is 5.37 Å². The Morgan fingerprint density at radius 3 is 2.41 bits per heavy atom. The van der Waals surface area contributed by atoms with Crippen LogP contribution in [0, 0.1) is 0 Å². The number of aliphatic hydroxyl groups excluding tert-OH is 1. The zero-order valence-corrected chi connectivity index (χ0v) is 10.6. The molecule has 6 heteroatoms. The maximum absolute atomic E-state index is 11.8. The van der Waals surface area contributed by atoms with Crippen molar-refractivity contribution in [1.29, 1.82) is 0 Å². The average molecular weight is 258 g/mol. The minimum atomic E-state index is -3.32. The number of anilines is 2. The summed E-state index contributed by atoms with van der Waals surface area (Å²) in [5, 5.41) is 11.0. The second-order valence-corrected chi connectivity index (χ2v) is 6.06. The van der Waals surface area contributed by atoms with Crippen LogP contribution in [0.3, 0.4) is 0 Å². The van der Waals surface area contributed by atoms with Gasteiger partial charge in [0.25, 0.3) is 0 Å². The summed E-state index contributed by atoms with van der Waals surface area (Å²) in [7, 11) is -3.32. The third kappa shape index (κ3) is 3.90. The molecule has 1 aromatic carbocycles. The number of hydrogen-bond donors (Lipinski definition) is 3. The van der Waals surface area contributed by atoms with Crippen LogP contribution in [-0.4, -0.2) is 31.3 Å². The number of nitrogen functional groups attached to an aromatic ring is 1. The lowest BCUT2D eigenvalue weighted by Gasteiger charge is -2.18. The smallest absolute Gasteiger partial charge is 0.173 e. The van der Waals surface area contributed by atoms with E-state index in [1.54, 1.807) is 31.2 Å². The van der Waals surface area contributed by atoms with Gasteiger partial charge in [-0.2, -0.15) is 0 Å². The Balaban J connectivity index is 2.80. The number of hydrogen-bond acceptors (Lipinski definition) is 5. The third-order valence-electron chi connectivity index (χ3n) is 2.42. The molecule has 1 rings (SSSR count). The van der Waals surface area contributed by atoms with Crippen molar-refractivity contribution in [2.45, 2.75) is 18.7 Å². The van der Waals surface area contributed by atoms with E-state index < -0.39 is 15.2 Å². The van der Waals surface area contributed by atoms with Crippen molar-refractivity contribution < 1.29 is 13.5 Å². The molecule has 0 heterocycles. The highest BCUT2D eigenvalue weighted by Crippen LogP contribution is 2.15. The van der Waals surface area contributed by atoms with Crippen LogP contribution in [0.2, 0.25) is 0 Å². The van der Waals surface area contributed by atoms with Crippen LogP contribution in [0.4, 0.5) is 11.4 Å². The molecule has 1 unspecified atom stereocenters. The molecule has 5 nitrogen and oxygen atoms in total. The summed E-state index contributed by atoms with van der Waals surface area (Å²) in [6.07, 6.45) is 0.437. The summed E-state index contributed by atoms with van der Waals surface area (Å²) in [5.74, 6) is -0.229. The second-order valence-electron chi connectivity index (χ2n) is 3.75. The first-order chi connectivity index (χ1) is 7.99. The number of aliphatic hydroxyl groups is 1. The van der Waals surface area contributed by atoms with Gasteiger partial charge < -0.3 is 16.2 Å². The largest absolute Gasteiger partial charge is 0.399 e. The quantitative estimate of drug-likeness (QED) is 0.657. The second kappa shape index (κ2) is 5.88. The molecule has 96 valence electrons. The Bertz CT molecular complexity index is 442. The minimum Gasteiger partial charge on any atom is -0.399 e. The molecule has 1 atom stereocenters. The monoisotopic (exact) mass is 258 g/mol. The van der Waals surface area contributed by atoms with Gasteiger partial charge in [0.05, 0.1) is 12.4 Å². The maximum atomic E-state index is 11.8. The fourth-order valence-corrected chi connectivity index (χ4v) is 2.84. The SMILES string of the molecule is CCC(Nc1ccc(N)cc1)S(=O)(=O)CCO. The lowest BCUT2D eigenvalue weighted by molar-refractivity contribution is 0.319. The standard InChI is InChI=1S/C11H18N2O3S/c1-2-11(17(15,16)8-7-14)13-10-5-3-9(12)4-6-10/h3-6,11,13-14H,2,7-8,12H2,1H3. The van der Waals surface area contributed by atoms with Crippen molar-refractivity contribution in [3.63, 3.8) is 0 Å². The van der Waals surface area contributed by atoms with E-state index in [0.29, 0.717) is 17.8 Å². The van der Waals surface area contributed by atoms with Crippen LogP contribution in [0.1, 0.15) is 13.3 Å². The first-order valence-electron chi connectivity index (χ1n) is 5.44. The van der Waals surface area contributed by atoms with Gasteiger partial charge in [0, 0.05) is 11.4 Å². The molecule has 0 amide bonds. The predicted octanol–water partition coefficient (Wildman–Crippen LogP) is 0.824. The Morgan fingerprint density at radius 2 is 1.94 bits per heavy atom. The van der Waals surface area contributed by atoms with Gasteiger partial charge in [-0.1, -0.05) is 6.92 Å². The number of rotatable bonds is 6. The van der Waals surface area contributed by atoms with Crippen molar-refractivity contribution >= 4 is 21.2 Å². The number of sulfone groups is 1. The first kappa shape index (κ1) is 13.8. The lowest BCUT2D eigenvalue weighted by atomic mass is 10.3. The third-order valence-corrected chi connectivity index (χ3v) is 4.49. The van der Waals surface area contributed by atoms with E-state index in [9.17, 15) is 8.42 Å². The highest BCUT2D eigenvalue weighted by molar-refractivity contribution is 7.92. The minimum absolute atomic E-state index is 0.229. The molecule has 0 fully saturated rings. The molecule has 0 radical (unpaired) electrons. The van der Waals surface area contributed by atoms with Gasteiger partial charge in [-0.25, -0.2) is 8.42 Å². The first-order valence-corrected chi connectivity index (χ1v) is 7.15. The summed E-state index contributed by atoms with van der Waals surface area (Å²) in [6, 6.07) is 6.86. The van der Waals surface area contributed by atoms with Crippen molar-refractivity contribution in [2.24, 2.45) is 0 Å². The van der Waals surface area contributed by atoms with Crippen LogP contribution in [-0.2, 0) is 9.84 Å². The molecule has 0 aliphatic rings. The summed E-state index contributed by atoms with van der Waals surface area (Å²) in [6.45, 7) is 1.42. The molecular formula is C11H18N2O3S. The van der Waals surface area contributed by atoms with E-state index in [2.05, 4.69) is 5.32 Å². The molecule has 0 saturated carbocycles. The molecule has 17 heavy (non-hydrogen) atoms. The van der Waals surface area contributed by atoms with Crippen LogP contribution in [0.15, 0.2) is 24.3 Å². The molecule has 0 aliphatic heterocycles. The van der Waals surface area contributed by atoms with E-state index in [0.717, 1.165) is 0 Å². The van der Waals surface area contributed by atoms with E-state index in [4.69, 9.17) is 10.8 Å². The molecule has 0 saturated heterocycles. The fourth-order valence-electron chi connectivity index (χ4n) is 1.48. The van der Waals surface area contributed by atoms with Gasteiger partial charge in [0.2, 0.25) is 0 Å². The van der Waals surface area contributed by atoms with Gasteiger partial charge in [-0.15, -0.1) is 0 Å². The van der Waals surface area contributed by atoms with Crippen LogP contribution in [0.5, 0.6) is 0 Å². The van der Waals surface area contributed by atoms with Crippen LogP contribution < -0.4 is 11.1 Å². The van der Waals surface area contributed by atoms with Crippen LogP contribution >= 0.6 is 0 Å². The Hall–Kier alpha value is -1.27. The summed E-state index contributed by atoms with van der Waals surface area (Å²) in [4.78, 5) is 0. The Labute approximate surface area is 102 Å². The topological polar surface area (TPSA) is 92.4 Å². The van der Waals surface area contributed by atoms with Gasteiger partial charge in [0.15, 0.2) is 9.84 Å². The highest BCUT2D eigenvalue weighted by Gasteiger charge is 2.22. The Morgan fingerprint density at radius 1 is 1.35 bits per heavy atom. The normalized spacial score (nSPS) is 13.3. The van der Waals surface area contributed by atoms with E-state index in [1.165, 1.54) is 0 Å². The summed E-state index contributed by atoms with van der Waals surface area (Å²) in [5.41, 5.74) is 6.87. The average Bonchev–Trinajstić information content (AvgIpc) is 2.28. The number of benzene rings is 1. The van der Waals surface area contributed by atoms with E-state index in [1.807, 2.05) is 0 Å². The van der Waals surface area contributed by atoms with Crippen molar-refractivity contribution in [2.75, 3.05) is 23.4 Å². The molecule has 0 aliphatic carbocycles. The molecular weight excluding hydrogens is 240 g/mol. The molecule has 0 spiro atoms. The molecule has 1 aromatic rings. The van der Waals surface area contributed by atoms with Crippen molar-refractivity contribution in [3.05, 3.63) is 24.3 Å². The zero-order chi connectivity index (χ0) is 12.9. The Kier molecular flexibility index (Phi) is 4.77. The summed E-state index contributed by atoms with van der Waals surface area (Å²) < 4.78 is 23.6. The van der Waals surface area contributed by atoms with Crippen LogP contribution in [0.25, 0.3) is 0 Å². The number of nitrogens with one attached hydrogen (secondary N) is 1. The van der Waals surface area contributed by atoms with E-state index >= 15 is 0 Å². The van der Waals surface area contributed by atoms with Crippen molar-refractivity contribution in [1.82, 2.24) is 0 Å². The number of nitrogens with two attached hydrogens (primary N) is 1. The highest BCUT2D eigenvalue weighted by atomic mass is 32.2.